The molecule has 0 N–H and O–H groups in total. The van der Waals surface area contributed by atoms with Crippen molar-refractivity contribution < 1.29 is 0 Å². The first-order chi connectivity index (χ1) is 3.66. The van der Waals surface area contributed by atoms with Gasteiger partial charge < -0.3 is 0 Å². The van der Waals surface area contributed by atoms with Gasteiger partial charge in [-0.3, -0.25) is 0 Å². The van der Waals surface area contributed by atoms with E-state index < -0.39 is 0 Å². The lowest BCUT2D eigenvalue weighted by Gasteiger charge is -2.06. The molecule has 0 nitrogen and oxygen atoms in total. The van der Waals surface area contributed by atoms with E-state index in [0.717, 1.165) is 5.92 Å². The molecule has 8 heavy (non-hydrogen) atoms. The van der Waals surface area contributed by atoms with Crippen molar-refractivity contribution in [2.24, 2.45) is 11.8 Å². The molecule has 0 aliphatic carbocycles. The van der Waals surface area contributed by atoms with Gasteiger partial charge in [0.15, 0.2) is 0 Å². The van der Waals surface area contributed by atoms with Crippen LogP contribution in [0.3, 0.4) is 0 Å². The topological polar surface area (TPSA) is 0 Å². The van der Waals surface area contributed by atoms with Gasteiger partial charge in [-0.25, -0.2) is 0 Å². The molecule has 1 heteroatoms. The van der Waals surface area contributed by atoms with Gasteiger partial charge in [-0.15, -0.1) is 8.86 Å². The molecule has 0 aromatic carbocycles. The van der Waals surface area contributed by atoms with Crippen LogP contribution in [0.5, 0.6) is 0 Å². The third-order valence-electron chi connectivity index (χ3n) is 1.13. The Hall–Kier alpha value is 0.170. The van der Waals surface area contributed by atoms with E-state index in [1.165, 1.54) is 6.42 Å². The van der Waals surface area contributed by atoms with E-state index in [1.807, 2.05) is 0 Å². The van der Waals surface area contributed by atoms with Crippen molar-refractivity contribution in [2.75, 3.05) is 0 Å². The zero-order chi connectivity index (χ0) is 6.57. The van der Waals surface area contributed by atoms with E-state index in [2.05, 4.69) is 35.4 Å². The number of hydrogen-bond acceptors (Lipinski definition) is 0. The Bertz CT molecular complexity index is 66.8. The Morgan fingerprint density at radius 1 is 1.38 bits per heavy atom. The predicted octanol–water partition coefficient (Wildman–Crippen LogP) is 2.61. The quantitative estimate of drug-likeness (QED) is 0.515. The van der Waals surface area contributed by atoms with E-state index in [4.69, 9.17) is 0 Å². The van der Waals surface area contributed by atoms with E-state index >= 15 is 0 Å². The van der Waals surface area contributed by atoms with Gasteiger partial charge in [0, 0.05) is 0 Å². The second kappa shape index (κ2) is 4.09. The highest BCUT2D eigenvalue weighted by Gasteiger charge is 1.98. The van der Waals surface area contributed by atoms with Crippen molar-refractivity contribution in [1.29, 1.82) is 0 Å². The average Bonchev–Trinajstić information content (AvgIpc) is 1.65. The first-order valence-corrected chi connectivity index (χ1v) is 3.75. The Kier molecular flexibility index (Phi) is 4.18. The molecule has 0 saturated heterocycles. The van der Waals surface area contributed by atoms with Crippen molar-refractivity contribution in [1.82, 2.24) is 0 Å². The summed E-state index contributed by atoms with van der Waals surface area (Å²) in [5.41, 5.74) is 0. The van der Waals surface area contributed by atoms with Crippen LogP contribution in [-0.4, -0.2) is 5.80 Å². The van der Waals surface area contributed by atoms with Gasteiger partial charge in [0.1, 0.15) is 0 Å². The molecule has 0 bridgehead atoms. The zero-order valence-corrected chi connectivity index (χ0v) is 6.94. The number of hydrogen-bond donors (Lipinski definition) is 0. The van der Waals surface area contributed by atoms with Gasteiger partial charge in [0.05, 0.1) is 0 Å². The van der Waals surface area contributed by atoms with Crippen LogP contribution >= 0.6 is 8.86 Å². The van der Waals surface area contributed by atoms with Gasteiger partial charge in [-0.2, -0.15) is 0 Å². The SMILES string of the molecule is CC(C)CC(C)C=P. The lowest BCUT2D eigenvalue weighted by atomic mass is 10.0. The second-order valence-corrected chi connectivity index (χ2v) is 3.11. The van der Waals surface area contributed by atoms with Crippen molar-refractivity contribution in [2.45, 2.75) is 27.2 Å². The molecular formula is C7H15P. The van der Waals surface area contributed by atoms with E-state index in [0.29, 0.717) is 5.92 Å². The third-order valence-corrected chi connectivity index (χ3v) is 1.70. The molecule has 48 valence electrons. The lowest BCUT2D eigenvalue weighted by Crippen LogP contribution is -1.98. The van der Waals surface area contributed by atoms with Crippen molar-refractivity contribution in [3.63, 3.8) is 0 Å². The minimum Gasteiger partial charge on any atom is -0.126 e. The highest BCUT2D eigenvalue weighted by molar-refractivity contribution is 7.18. The minimum atomic E-state index is 0.715. The van der Waals surface area contributed by atoms with E-state index in [1.54, 1.807) is 0 Å². The highest BCUT2D eigenvalue weighted by atomic mass is 31.0. The molecule has 1 unspecified atom stereocenters. The van der Waals surface area contributed by atoms with Gasteiger partial charge in [-0.1, -0.05) is 26.6 Å². The molecule has 0 heterocycles. The van der Waals surface area contributed by atoms with Crippen LogP contribution < -0.4 is 0 Å². The average molecular weight is 130 g/mol. The van der Waals surface area contributed by atoms with Gasteiger partial charge in [0.2, 0.25) is 0 Å². The maximum Gasteiger partial charge on any atom is -0.0219 e. The van der Waals surface area contributed by atoms with Gasteiger partial charge in [-0.05, 0) is 18.3 Å². The monoisotopic (exact) mass is 130 g/mol. The standard InChI is InChI=1S/C7H15P/c1-6(2)4-7(3)5-8/h5-8H,4H2,1-3H3. The van der Waals surface area contributed by atoms with Crippen LogP contribution in [0.4, 0.5) is 0 Å². The largest absolute Gasteiger partial charge is 0.126 e. The highest BCUT2D eigenvalue weighted by Crippen LogP contribution is 2.08. The predicted molar refractivity (Wildman–Crippen MR) is 43.0 cm³/mol. The van der Waals surface area contributed by atoms with Crippen LogP contribution in [-0.2, 0) is 0 Å². The van der Waals surface area contributed by atoms with Crippen LogP contribution in [0, 0.1) is 11.8 Å². The Morgan fingerprint density at radius 2 is 1.88 bits per heavy atom. The summed E-state index contributed by atoms with van der Waals surface area (Å²) in [4.78, 5) is 0. The third kappa shape index (κ3) is 4.33. The fourth-order valence-corrected chi connectivity index (χ4v) is 0.948. The maximum atomic E-state index is 3.36. The molecule has 0 aliphatic heterocycles. The van der Waals surface area contributed by atoms with Crippen molar-refractivity contribution >= 4 is 14.7 Å². The molecule has 0 saturated carbocycles. The summed E-state index contributed by atoms with van der Waals surface area (Å²) in [7, 11) is 3.36. The zero-order valence-electron chi connectivity index (χ0n) is 5.94. The minimum absolute atomic E-state index is 0.715. The molecule has 0 aliphatic rings. The van der Waals surface area contributed by atoms with Crippen molar-refractivity contribution in [3.8, 4) is 0 Å². The summed E-state index contributed by atoms with van der Waals surface area (Å²) in [5.74, 6) is 3.60. The van der Waals surface area contributed by atoms with E-state index in [9.17, 15) is 0 Å². The summed E-state index contributed by atoms with van der Waals surface area (Å²) >= 11 is 0. The van der Waals surface area contributed by atoms with Crippen LogP contribution in [0.25, 0.3) is 0 Å². The summed E-state index contributed by atoms with van der Waals surface area (Å²) in [5, 5.41) is 0. The van der Waals surface area contributed by atoms with Crippen LogP contribution in [0.2, 0.25) is 0 Å². The molecular weight excluding hydrogens is 115 g/mol. The smallest absolute Gasteiger partial charge is 0.0219 e. The molecule has 0 aromatic heterocycles. The molecule has 0 aromatic rings. The summed E-state index contributed by atoms with van der Waals surface area (Å²) in [6.45, 7) is 6.70. The molecule has 1 atom stereocenters. The van der Waals surface area contributed by atoms with Crippen LogP contribution in [0.15, 0.2) is 0 Å². The Morgan fingerprint density at radius 3 is 2.00 bits per heavy atom. The summed E-state index contributed by atoms with van der Waals surface area (Å²) in [6.07, 6.45) is 1.28. The van der Waals surface area contributed by atoms with Gasteiger partial charge in [0.25, 0.3) is 0 Å². The maximum absolute atomic E-state index is 3.36. The fourth-order valence-electron chi connectivity index (χ4n) is 0.812. The number of rotatable bonds is 3. The molecule has 0 radical (unpaired) electrons. The van der Waals surface area contributed by atoms with Crippen molar-refractivity contribution in [3.05, 3.63) is 0 Å². The van der Waals surface area contributed by atoms with E-state index in [-0.39, 0.29) is 0 Å². The summed E-state index contributed by atoms with van der Waals surface area (Å²) < 4.78 is 0. The lowest BCUT2D eigenvalue weighted by molar-refractivity contribution is 0.529. The normalized spacial score (nSPS) is 14.0. The Labute approximate surface area is 54.5 Å². The molecule has 0 amide bonds. The Balaban J connectivity index is 3.23. The molecule has 0 fully saturated rings. The molecule has 0 spiro atoms. The van der Waals surface area contributed by atoms with Crippen LogP contribution in [0.1, 0.15) is 27.2 Å². The first-order valence-electron chi connectivity index (χ1n) is 3.17. The fraction of sp³-hybridized carbons (Fsp3) is 0.857. The molecule has 0 rings (SSSR count). The first kappa shape index (κ1) is 8.17. The van der Waals surface area contributed by atoms with Gasteiger partial charge >= 0.3 is 0 Å². The second-order valence-electron chi connectivity index (χ2n) is 2.77. The summed E-state index contributed by atoms with van der Waals surface area (Å²) in [6, 6.07) is 0.